The molecule has 0 unspecified atom stereocenters. The van der Waals surface area contributed by atoms with Crippen molar-refractivity contribution in [3.63, 3.8) is 0 Å². The van der Waals surface area contributed by atoms with E-state index in [0.29, 0.717) is 19.6 Å². The molecular weight excluding hydrogens is 340 g/mol. The van der Waals surface area contributed by atoms with Gasteiger partial charge in [-0.15, -0.1) is 0 Å². The van der Waals surface area contributed by atoms with Crippen LogP contribution in [0.2, 0.25) is 0 Å². The van der Waals surface area contributed by atoms with E-state index in [4.69, 9.17) is 4.74 Å². The summed E-state index contributed by atoms with van der Waals surface area (Å²) in [6.45, 7) is 4.06. The first-order valence-electron chi connectivity index (χ1n) is 8.95. The van der Waals surface area contributed by atoms with E-state index in [0.717, 1.165) is 28.1 Å². The Morgan fingerprint density at radius 1 is 1.19 bits per heavy atom. The Hall–Kier alpha value is -3.28. The number of hydrogen-bond donors (Lipinski definition) is 1. The molecular formula is C21H22N4O2. The number of rotatable bonds is 5. The molecule has 4 rings (SSSR count). The van der Waals surface area contributed by atoms with Gasteiger partial charge >= 0.3 is 6.03 Å². The number of benzene rings is 2. The summed E-state index contributed by atoms with van der Waals surface area (Å²) in [4.78, 5) is 16.6. The monoisotopic (exact) mass is 362 g/mol. The number of H-pyrrole nitrogens is 1. The number of hydrogen-bond acceptors (Lipinski definition) is 3. The Kier molecular flexibility index (Phi) is 4.54. The van der Waals surface area contributed by atoms with E-state index in [-0.39, 0.29) is 6.03 Å². The van der Waals surface area contributed by atoms with Gasteiger partial charge in [0, 0.05) is 48.7 Å². The van der Waals surface area contributed by atoms with Crippen LogP contribution in [0.3, 0.4) is 0 Å². The minimum absolute atomic E-state index is 0.0228. The topological polar surface area (TPSA) is 61.5 Å². The van der Waals surface area contributed by atoms with Gasteiger partial charge in [0.2, 0.25) is 0 Å². The van der Waals surface area contributed by atoms with Crippen LogP contribution in [0.5, 0.6) is 5.75 Å². The van der Waals surface area contributed by atoms with Gasteiger partial charge < -0.3 is 9.64 Å². The van der Waals surface area contributed by atoms with Crippen molar-refractivity contribution in [2.45, 2.75) is 13.5 Å². The summed E-state index contributed by atoms with van der Waals surface area (Å²) in [5.41, 5.74) is 5.09. The molecule has 1 N–H and O–H groups in total. The fourth-order valence-corrected chi connectivity index (χ4v) is 3.48. The Morgan fingerprint density at radius 2 is 2.07 bits per heavy atom. The van der Waals surface area contributed by atoms with Crippen LogP contribution in [0.15, 0.2) is 54.9 Å². The summed E-state index contributed by atoms with van der Waals surface area (Å²) in [7, 11) is 1.64. The highest BCUT2D eigenvalue weighted by Crippen LogP contribution is 2.34. The molecule has 2 aromatic carbocycles. The maximum Gasteiger partial charge on any atom is 0.324 e. The smallest absolute Gasteiger partial charge is 0.324 e. The molecule has 27 heavy (non-hydrogen) atoms. The zero-order chi connectivity index (χ0) is 18.8. The molecule has 3 aromatic rings. The van der Waals surface area contributed by atoms with Crippen molar-refractivity contribution in [2.75, 3.05) is 25.1 Å². The zero-order valence-corrected chi connectivity index (χ0v) is 15.5. The SMILES string of the molecule is COc1cc(N2CCN(Cc3cccc(C)c3)C2=O)ccc1-c1cn[nH]c1. The van der Waals surface area contributed by atoms with Crippen molar-refractivity contribution in [1.29, 1.82) is 0 Å². The molecule has 1 aromatic heterocycles. The predicted octanol–water partition coefficient (Wildman–Crippen LogP) is 3.84. The molecule has 1 aliphatic rings. The van der Waals surface area contributed by atoms with Gasteiger partial charge in [0.05, 0.1) is 13.3 Å². The van der Waals surface area contributed by atoms with Crippen molar-refractivity contribution in [3.8, 4) is 16.9 Å². The van der Waals surface area contributed by atoms with E-state index in [1.54, 1.807) is 18.2 Å². The Bertz CT molecular complexity index is 953. The number of ether oxygens (including phenoxy) is 1. The summed E-state index contributed by atoms with van der Waals surface area (Å²) in [5.74, 6) is 0.721. The first kappa shape index (κ1) is 17.1. The third-order valence-electron chi connectivity index (χ3n) is 4.86. The molecule has 1 saturated heterocycles. The highest BCUT2D eigenvalue weighted by atomic mass is 16.5. The lowest BCUT2D eigenvalue weighted by molar-refractivity contribution is 0.219. The van der Waals surface area contributed by atoms with Gasteiger partial charge in [0.1, 0.15) is 5.75 Å². The largest absolute Gasteiger partial charge is 0.496 e. The molecule has 1 aliphatic heterocycles. The standard InChI is InChI=1S/C21H22N4O2/c1-15-4-3-5-16(10-15)14-24-8-9-25(21(24)26)18-6-7-19(20(11-18)27-2)17-12-22-23-13-17/h3-7,10-13H,8-9,14H2,1-2H3,(H,22,23). The fourth-order valence-electron chi connectivity index (χ4n) is 3.48. The van der Waals surface area contributed by atoms with Crippen molar-refractivity contribution in [3.05, 3.63) is 66.0 Å². The normalized spacial score (nSPS) is 14.1. The molecule has 6 nitrogen and oxygen atoms in total. The first-order valence-corrected chi connectivity index (χ1v) is 8.95. The summed E-state index contributed by atoms with van der Waals surface area (Å²) < 4.78 is 5.55. The van der Waals surface area contributed by atoms with Gasteiger partial charge in [-0.1, -0.05) is 29.8 Å². The van der Waals surface area contributed by atoms with E-state index in [1.165, 1.54) is 5.56 Å². The van der Waals surface area contributed by atoms with Crippen molar-refractivity contribution >= 4 is 11.7 Å². The van der Waals surface area contributed by atoms with Gasteiger partial charge in [0.15, 0.2) is 0 Å². The van der Waals surface area contributed by atoms with E-state index in [9.17, 15) is 4.79 Å². The van der Waals surface area contributed by atoms with Gasteiger partial charge in [-0.3, -0.25) is 10.00 Å². The lowest BCUT2D eigenvalue weighted by Gasteiger charge is -2.20. The molecule has 0 atom stereocenters. The number of urea groups is 1. The number of aromatic amines is 1. The maximum atomic E-state index is 12.9. The number of nitrogens with zero attached hydrogens (tertiary/aromatic N) is 3. The minimum atomic E-state index is 0.0228. The van der Waals surface area contributed by atoms with Crippen molar-refractivity contribution in [2.24, 2.45) is 0 Å². The van der Waals surface area contributed by atoms with Crippen molar-refractivity contribution < 1.29 is 9.53 Å². The van der Waals surface area contributed by atoms with Gasteiger partial charge in [0.25, 0.3) is 0 Å². The summed E-state index contributed by atoms with van der Waals surface area (Å²) in [6, 6.07) is 14.1. The third kappa shape index (κ3) is 3.38. The number of carbonyl (C=O) groups is 1. The maximum absolute atomic E-state index is 12.9. The van der Waals surface area contributed by atoms with Crippen LogP contribution in [-0.4, -0.2) is 41.3 Å². The second kappa shape index (κ2) is 7.15. The molecule has 0 bridgehead atoms. The quantitative estimate of drug-likeness (QED) is 0.750. The molecule has 0 aliphatic carbocycles. The number of carbonyl (C=O) groups excluding carboxylic acids is 1. The average molecular weight is 362 g/mol. The molecule has 0 saturated carbocycles. The van der Waals surface area contributed by atoms with Crippen LogP contribution in [-0.2, 0) is 6.54 Å². The minimum Gasteiger partial charge on any atom is -0.496 e. The second-order valence-electron chi connectivity index (χ2n) is 6.72. The van der Waals surface area contributed by atoms with Crippen LogP contribution in [0.25, 0.3) is 11.1 Å². The van der Waals surface area contributed by atoms with Crippen LogP contribution >= 0.6 is 0 Å². The summed E-state index contributed by atoms with van der Waals surface area (Å²) in [5, 5.41) is 6.80. The van der Waals surface area contributed by atoms with E-state index >= 15 is 0 Å². The number of aryl methyl sites for hydroxylation is 1. The lowest BCUT2D eigenvalue weighted by atomic mass is 10.1. The van der Waals surface area contributed by atoms with Crippen LogP contribution < -0.4 is 9.64 Å². The third-order valence-corrected chi connectivity index (χ3v) is 4.86. The van der Waals surface area contributed by atoms with Crippen molar-refractivity contribution in [1.82, 2.24) is 15.1 Å². The number of aromatic nitrogens is 2. The van der Waals surface area contributed by atoms with Gasteiger partial charge in [-0.05, 0) is 24.6 Å². The number of nitrogens with one attached hydrogen (secondary N) is 1. The van der Waals surface area contributed by atoms with E-state index in [2.05, 4.69) is 35.3 Å². The first-order chi connectivity index (χ1) is 13.2. The molecule has 138 valence electrons. The van der Waals surface area contributed by atoms with E-state index in [1.807, 2.05) is 35.4 Å². The number of methoxy groups -OCH3 is 1. The lowest BCUT2D eigenvalue weighted by Crippen LogP contribution is -2.31. The summed E-state index contributed by atoms with van der Waals surface area (Å²) >= 11 is 0. The highest BCUT2D eigenvalue weighted by molar-refractivity contribution is 5.95. The summed E-state index contributed by atoms with van der Waals surface area (Å²) in [6.07, 6.45) is 3.57. The molecule has 2 heterocycles. The van der Waals surface area contributed by atoms with Crippen LogP contribution in [0.4, 0.5) is 10.5 Å². The van der Waals surface area contributed by atoms with Gasteiger partial charge in [-0.25, -0.2) is 4.79 Å². The average Bonchev–Trinajstić information content (AvgIpc) is 3.32. The molecule has 0 spiro atoms. The highest BCUT2D eigenvalue weighted by Gasteiger charge is 2.30. The molecule has 1 fully saturated rings. The predicted molar refractivity (Wildman–Crippen MR) is 105 cm³/mol. The molecule has 6 heteroatoms. The zero-order valence-electron chi connectivity index (χ0n) is 15.5. The van der Waals surface area contributed by atoms with Gasteiger partial charge in [-0.2, -0.15) is 5.10 Å². The van der Waals surface area contributed by atoms with Crippen LogP contribution in [0.1, 0.15) is 11.1 Å². The fraction of sp³-hybridized carbons (Fsp3) is 0.238. The van der Waals surface area contributed by atoms with E-state index < -0.39 is 0 Å². The second-order valence-corrected chi connectivity index (χ2v) is 6.72. The number of amides is 2. The molecule has 0 radical (unpaired) electrons. The Labute approximate surface area is 158 Å². The molecule has 2 amide bonds. The Morgan fingerprint density at radius 3 is 2.81 bits per heavy atom. The number of anilines is 1. The van der Waals surface area contributed by atoms with Crippen LogP contribution in [0, 0.1) is 6.92 Å². The Balaban J connectivity index is 1.55.